The number of hydrogen-bond donors (Lipinski definition) is 2. The normalized spacial score (nSPS) is 37.0. The molecule has 1 unspecified atom stereocenters. The molecule has 30 heavy (non-hydrogen) atoms. The van der Waals surface area contributed by atoms with E-state index in [2.05, 4.69) is 0 Å². The Morgan fingerprint density at radius 2 is 1.80 bits per heavy atom. The maximum absolute atomic E-state index is 13.6. The number of para-hydroxylation sites is 1. The van der Waals surface area contributed by atoms with Crippen molar-refractivity contribution < 1.29 is 19.4 Å². The topological polar surface area (TPSA) is 92.9 Å². The first-order valence-corrected chi connectivity index (χ1v) is 11.1. The predicted octanol–water partition coefficient (Wildman–Crippen LogP) is 4.04. The SMILES string of the molecule is CC1(C[C@H](N)C(=O)O)C=Cc2ccccc2N1C(=O)OC1C2CC3CC(C2)CC1C3. The Labute approximate surface area is 177 Å². The molecule has 1 heterocycles. The van der Waals surface area contributed by atoms with Gasteiger partial charge in [-0.3, -0.25) is 9.69 Å². The molecule has 6 nitrogen and oxygen atoms in total. The molecule has 4 fully saturated rings. The highest BCUT2D eigenvalue weighted by Crippen LogP contribution is 2.55. The number of benzene rings is 1. The van der Waals surface area contributed by atoms with E-state index in [1.165, 1.54) is 32.1 Å². The average Bonchev–Trinajstić information content (AvgIpc) is 2.69. The lowest BCUT2D eigenvalue weighted by molar-refractivity contribution is -0.138. The van der Waals surface area contributed by atoms with Crippen LogP contribution in [-0.2, 0) is 9.53 Å². The lowest BCUT2D eigenvalue weighted by atomic mass is 9.55. The zero-order chi connectivity index (χ0) is 21.0. The molecule has 4 aliphatic carbocycles. The maximum Gasteiger partial charge on any atom is 0.415 e. The van der Waals surface area contributed by atoms with Crippen LogP contribution in [0.3, 0.4) is 0 Å². The summed E-state index contributed by atoms with van der Waals surface area (Å²) in [5.41, 5.74) is 6.68. The van der Waals surface area contributed by atoms with Crippen LogP contribution in [0.1, 0.15) is 51.0 Å². The second-order valence-corrected chi connectivity index (χ2v) is 10.0. The number of carboxylic acid groups (broad SMARTS) is 1. The molecule has 1 aromatic carbocycles. The van der Waals surface area contributed by atoms with Gasteiger partial charge in [0.2, 0.25) is 0 Å². The molecule has 1 amide bonds. The quantitative estimate of drug-likeness (QED) is 0.781. The van der Waals surface area contributed by atoms with Gasteiger partial charge in [0.1, 0.15) is 12.1 Å². The summed E-state index contributed by atoms with van der Waals surface area (Å²) in [6, 6.07) is 6.59. The summed E-state index contributed by atoms with van der Waals surface area (Å²) in [5.74, 6) is 1.47. The second kappa shape index (κ2) is 7.12. The Kier molecular flexibility index (Phi) is 4.65. The Morgan fingerprint density at radius 3 is 2.43 bits per heavy atom. The van der Waals surface area contributed by atoms with E-state index in [0.29, 0.717) is 11.8 Å². The first kappa shape index (κ1) is 19.6. The van der Waals surface area contributed by atoms with Crippen LogP contribution >= 0.6 is 0 Å². The molecule has 6 rings (SSSR count). The van der Waals surface area contributed by atoms with Crippen LogP contribution in [0.4, 0.5) is 10.5 Å². The van der Waals surface area contributed by atoms with Crippen LogP contribution in [0.5, 0.6) is 0 Å². The molecule has 160 valence electrons. The van der Waals surface area contributed by atoms with E-state index in [4.69, 9.17) is 10.5 Å². The predicted molar refractivity (Wildman–Crippen MR) is 114 cm³/mol. The molecule has 1 aliphatic heterocycles. The Balaban J connectivity index is 1.43. The summed E-state index contributed by atoms with van der Waals surface area (Å²) in [6.07, 6.45) is 9.56. The highest BCUT2D eigenvalue weighted by Gasteiger charge is 2.51. The van der Waals surface area contributed by atoms with Crippen molar-refractivity contribution in [3.05, 3.63) is 35.9 Å². The summed E-state index contributed by atoms with van der Waals surface area (Å²) in [4.78, 5) is 26.7. The van der Waals surface area contributed by atoms with E-state index in [-0.39, 0.29) is 18.6 Å². The number of amides is 1. The van der Waals surface area contributed by atoms with Crippen molar-refractivity contribution in [1.29, 1.82) is 0 Å². The lowest BCUT2D eigenvalue weighted by Crippen LogP contribution is -2.57. The third kappa shape index (κ3) is 3.22. The monoisotopic (exact) mass is 410 g/mol. The van der Waals surface area contributed by atoms with Crippen LogP contribution < -0.4 is 10.6 Å². The first-order valence-electron chi connectivity index (χ1n) is 11.1. The molecule has 0 radical (unpaired) electrons. The third-order valence-corrected chi connectivity index (χ3v) is 7.82. The van der Waals surface area contributed by atoms with Crippen molar-refractivity contribution in [2.24, 2.45) is 29.4 Å². The van der Waals surface area contributed by atoms with Crippen LogP contribution in [0.2, 0.25) is 0 Å². The smallest absolute Gasteiger partial charge is 0.415 e. The molecule has 1 aromatic rings. The minimum atomic E-state index is -1.07. The Bertz CT molecular complexity index is 869. The number of carbonyl (C=O) groups excluding carboxylic acids is 1. The van der Waals surface area contributed by atoms with E-state index in [1.807, 2.05) is 43.3 Å². The number of nitrogens with two attached hydrogens (primary N) is 1. The van der Waals surface area contributed by atoms with Crippen molar-refractivity contribution >= 4 is 23.8 Å². The van der Waals surface area contributed by atoms with Crippen molar-refractivity contribution in [2.75, 3.05) is 4.90 Å². The van der Waals surface area contributed by atoms with Gasteiger partial charge in [-0.15, -0.1) is 0 Å². The molecule has 4 bridgehead atoms. The van der Waals surface area contributed by atoms with Gasteiger partial charge in [-0.05, 0) is 74.3 Å². The van der Waals surface area contributed by atoms with Crippen molar-refractivity contribution in [3.8, 4) is 0 Å². The summed E-state index contributed by atoms with van der Waals surface area (Å²) in [6.45, 7) is 1.86. The van der Waals surface area contributed by atoms with Gasteiger partial charge < -0.3 is 15.6 Å². The molecule has 0 aromatic heterocycles. The van der Waals surface area contributed by atoms with E-state index >= 15 is 0 Å². The number of nitrogens with zero attached hydrogens (tertiary/aromatic N) is 1. The van der Waals surface area contributed by atoms with E-state index in [1.54, 1.807) is 4.90 Å². The van der Waals surface area contributed by atoms with Gasteiger partial charge in [-0.2, -0.15) is 0 Å². The zero-order valence-electron chi connectivity index (χ0n) is 17.4. The number of carboxylic acids is 1. The van der Waals surface area contributed by atoms with Crippen LogP contribution in [0.25, 0.3) is 6.08 Å². The second-order valence-electron chi connectivity index (χ2n) is 10.0. The van der Waals surface area contributed by atoms with Crippen LogP contribution in [0, 0.1) is 23.7 Å². The number of carbonyl (C=O) groups is 2. The Morgan fingerprint density at radius 1 is 1.17 bits per heavy atom. The summed E-state index contributed by atoms with van der Waals surface area (Å²) >= 11 is 0. The Hall–Kier alpha value is -2.34. The van der Waals surface area contributed by atoms with Gasteiger partial charge in [0.25, 0.3) is 0 Å². The van der Waals surface area contributed by atoms with Gasteiger partial charge in [0, 0.05) is 6.42 Å². The van der Waals surface area contributed by atoms with E-state index < -0.39 is 17.6 Å². The number of ether oxygens (including phenoxy) is 1. The van der Waals surface area contributed by atoms with Crippen molar-refractivity contribution in [1.82, 2.24) is 0 Å². The fourth-order valence-electron chi connectivity index (χ4n) is 6.69. The van der Waals surface area contributed by atoms with Crippen molar-refractivity contribution in [3.63, 3.8) is 0 Å². The maximum atomic E-state index is 13.6. The summed E-state index contributed by atoms with van der Waals surface area (Å²) < 4.78 is 6.23. The highest BCUT2D eigenvalue weighted by molar-refractivity contribution is 5.95. The van der Waals surface area contributed by atoms with E-state index in [9.17, 15) is 14.7 Å². The fourth-order valence-corrected chi connectivity index (χ4v) is 6.69. The third-order valence-electron chi connectivity index (χ3n) is 7.82. The van der Waals surface area contributed by atoms with Crippen LogP contribution in [-0.4, -0.2) is 34.9 Å². The molecule has 0 spiro atoms. The largest absolute Gasteiger partial charge is 0.480 e. The molecular formula is C24H30N2O4. The van der Waals surface area contributed by atoms with Crippen LogP contribution in [0.15, 0.2) is 30.3 Å². The van der Waals surface area contributed by atoms with Gasteiger partial charge >= 0.3 is 12.1 Å². The van der Waals surface area contributed by atoms with Gasteiger partial charge in [-0.1, -0.05) is 30.4 Å². The molecule has 4 saturated carbocycles. The van der Waals surface area contributed by atoms with Crippen molar-refractivity contribution in [2.45, 2.75) is 63.1 Å². The number of rotatable bonds is 4. The van der Waals surface area contributed by atoms with Gasteiger partial charge in [0.15, 0.2) is 0 Å². The summed E-state index contributed by atoms with van der Waals surface area (Å²) in [7, 11) is 0. The number of aliphatic carboxylic acids is 1. The fraction of sp³-hybridized carbons (Fsp3) is 0.583. The molecule has 2 atom stereocenters. The molecule has 3 N–H and O–H groups in total. The zero-order valence-corrected chi connectivity index (χ0v) is 17.4. The van der Waals surface area contributed by atoms with E-state index in [0.717, 1.165) is 23.1 Å². The molecule has 6 heteroatoms. The average molecular weight is 411 g/mol. The molecule has 0 saturated heterocycles. The highest BCUT2D eigenvalue weighted by atomic mass is 16.6. The first-order chi connectivity index (χ1) is 14.3. The lowest BCUT2D eigenvalue weighted by Gasteiger charge is -2.54. The van der Waals surface area contributed by atoms with Gasteiger partial charge in [-0.25, -0.2) is 4.79 Å². The number of anilines is 1. The molecule has 5 aliphatic rings. The number of hydrogen-bond acceptors (Lipinski definition) is 4. The minimum absolute atomic E-state index is 0.0271. The molecular weight excluding hydrogens is 380 g/mol. The standard InChI is InChI=1S/C24H30N2O4/c1-24(13-19(25)22(27)28)7-6-16-4-2-3-5-20(16)26(24)23(29)30-21-17-9-14-8-15(11-17)12-18(21)10-14/h2-7,14-15,17-19,21H,8-13,25H2,1H3,(H,27,28)/t14?,15?,17?,18?,19-,21?,24?/m0/s1. The number of fused-ring (bicyclic) bond motifs is 1. The summed E-state index contributed by atoms with van der Waals surface area (Å²) in [5, 5.41) is 9.36. The minimum Gasteiger partial charge on any atom is -0.480 e. The van der Waals surface area contributed by atoms with Gasteiger partial charge in [0.05, 0.1) is 11.2 Å².